The predicted octanol–water partition coefficient (Wildman–Crippen LogP) is 5.16. The molecule has 7 heteroatoms. The van der Waals surface area contributed by atoms with Crippen molar-refractivity contribution in [1.29, 1.82) is 0 Å². The fourth-order valence-electron chi connectivity index (χ4n) is 2.74. The van der Waals surface area contributed by atoms with Crippen LogP contribution in [0.5, 0.6) is 0 Å². The number of piperazine rings is 1. The highest BCUT2D eigenvalue weighted by molar-refractivity contribution is 7.80. The summed E-state index contributed by atoms with van der Waals surface area (Å²) in [4.78, 5) is 4.57. The third-order valence-corrected chi connectivity index (χ3v) is 5.33. The molecule has 1 N–H and O–H groups in total. The van der Waals surface area contributed by atoms with Crippen molar-refractivity contribution in [3.05, 3.63) is 63.1 Å². The first-order valence-corrected chi connectivity index (χ1v) is 9.53. The molecule has 0 spiro atoms. The van der Waals surface area contributed by atoms with Gasteiger partial charge in [-0.2, -0.15) is 0 Å². The van der Waals surface area contributed by atoms with Gasteiger partial charge in [0, 0.05) is 42.8 Å². The van der Waals surface area contributed by atoms with Crippen LogP contribution < -0.4 is 5.32 Å². The maximum Gasteiger partial charge on any atom is 0.173 e. The van der Waals surface area contributed by atoms with Gasteiger partial charge in [0.15, 0.2) is 5.11 Å². The van der Waals surface area contributed by atoms with Crippen molar-refractivity contribution in [3.63, 3.8) is 0 Å². The smallest absolute Gasteiger partial charge is 0.173 e. The van der Waals surface area contributed by atoms with Gasteiger partial charge in [0.25, 0.3) is 0 Å². The number of benzene rings is 2. The Morgan fingerprint density at radius 1 is 0.920 bits per heavy atom. The van der Waals surface area contributed by atoms with E-state index in [-0.39, 0.29) is 0 Å². The molecule has 3 rings (SSSR count). The average Bonchev–Trinajstić information content (AvgIpc) is 2.61. The highest BCUT2D eigenvalue weighted by Crippen LogP contribution is 2.26. The minimum atomic E-state index is 0.605. The Bertz CT molecular complexity index is 744. The molecule has 0 unspecified atom stereocenters. The fraction of sp³-hybridized carbons (Fsp3) is 0.278. The van der Waals surface area contributed by atoms with Gasteiger partial charge in [-0.05, 0) is 48.1 Å². The minimum absolute atomic E-state index is 0.605. The summed E-state index contributed by atoms with van der Waals surface area (Å²) in [5, 5.41) is 5.88. The Morgan fingerprint density at radius 3 is 2.24 bits per heavy atom. The number of thiocarbonyl (C=S) groups is 1. The van der Waals surface area contributed by atoms with Crippen molar-refractivity contribution in [1.82, 2.24) is 9.80 Å². The van der Waals surface area contributed by atoms with Gasteiger partial charge in [0.05, 0.1) is 10.7 Å². The number of rotatable bonds is 3. The molecule has 0 atom stereocenters. The summed E-state index contributed by atoms with van der Waals surface area (Å²) in [6.45, 7) is 4.57. The molecule has 0 bridgehead atoms. The molecule has 1 aliphatic heterocycles. The lowest BCUT2D eigenvalue weighted by molar-refractivity contribution is 0.177. The van der Waals surface area contributed by atoms with Crippen LogP contribution in [0.3, 0.4) is 0 Å². The first-order chi connectivity index (χ1) is 12.0. The quantitative estimate of drug-likeness (QED) is 0.699. The van der Waals surface area contributed by atoms with Gasteiger partial charge in [-0.1, -0.05) is 46.9 Å². The van der Waals surface area contributed by atoms with E-state index in [4.69, 9.17) is 47.0 Å². The van der Waals surface area contributed by atoms with Crippen LogP contribution in [0.25, 0.3) is 0 Å². The highest BCUT2D eigenvalue weighted by Gasteiger charge is 2.19. The normalized spacial score (nSPS) is 15.2. The predicted molar refractivity (Wildman–Crippen MR) is 111 cm³/mol. The van der Waals surface area contributed by atoms with Crippen LogP contribution in [0.4, 0.5) is 5.69 Å². The number of nitrogens with one attached hydrogen (secondary N) is 1. The van der Waals surface area contributed by atoms with Gasteiger partial charge >= 0.3 is 0 Å². The monoisotopic (exact) mass is 413 g/mol. The van der Waals surface area contributed by atoms with Crippen LogP contribution >= 0.6 is 47.0 Å². The average molecular weight is 415 g/mol. The number of nitrogens with zero attached hydrogens (tertiary/aromatic N) is 2. The number of hydrogen-bond acceptors (Lipinski definition) is 2. The highest BCUT2D eigenvalue weighted by atomic mass is 35.5. The number of anilines is 1. The Morgan fingerprint density at radius 2 is 1.56 bits per heavy atom. The second-order valence-corrected chi connectivity index (χ2v) is 7.61. The van der Waals surface area contributed by atoms with Gasteiger partial charge in [0.1, 0.15) is 0 Å². The molecular weight excluding hydrogens is 397 g/mol. The standard InChI is InChI=1S/C18H18Cl3N3S/c19-14-3-1-13(2-4-14)12-23-7-9-24(10-8-23)18(25)22-17-11-15(20)5-6-16(17)21/h1-6,11H,7-10,12H2,(H,22,25). The molecule has 0 aromatic heterocycles. The van der Waals surface area contributed by atoms with E-state index in [2.05, 4.69) is 27.2 Å². The van der Waals surface area contributed by atoms with E-state index >= 15 is 0 Å². The maximum atomic E-state index is 6.19. The molecule has 1 saturated heterocycles. The Kier molecular flexibility index (Phi) is 6.42. The maximum absolute atomic E-state index is 6.19. The molecule has 132 valence electrons. The Labute approximate surface area is 168 Å². The lowest BCUT2D eigenvalue weighted by Crippen LogP contribution is -2.49. The van der Waals surface area contributed by atoms with Crippen LogP contribution in [0.1, 0.15) is 5.56 Å². The van der Waals surface area contributed by atoms with Gasteiger partial charge in [-0.25, -0.2) is 0 Å². The lowest BCUT2D eigenvalue weighted by Gasteiger charge is -2.36. The second kappa shape index (κ2) is 8.56. The van der Waals surface area contributed by atoms with Crippen LogP contribution in [0.2, 0.25) is 15.1 Å². The van der Waals surface area contributed by atoms with E-state index in [1.54, 1.807) is 18.2 Å². The second-order valence-electron chi connectivity index (χ2n) is 5.94. The molecule has 1 aliphatic rings. The largest absolute Gasteiger partial charge is 0.346 e. The van der Waals surface area contributed by atoms with Gasteiger partial charge in [0.2, 0.25) is 0 Å². The van der Waals surface area contributed by atoms with Crippen LogP contribution in [0, 0.1) is 0 Å². The third kappa shape index (κ3) is 5.22. The zero-order valence-corrected chi connectivity index (χ0v) is 16.6. The molecule has 0 radical (unpaired) electrons. The van der Waals surface area contributed by atoms with Gasteiger partial charge in [-0.3, -0.25) is 4.90 Å². The zero-order chi connectivity index (χ0) is 17.8. The van der Waals surface area contributed by atoms with Crippen molar-refractivity contribution < 1.29 is 0 Å². The first-order valence-electron chi connectivity index (χ1n) is 7.99. The lowest BCUT2D eigenvalue weighted by atomic mass is 10.2. The van der Waals surface area contributed by atoms with E-state index in [0.29, 0.717) is 15.2 Å². The molecule has 1 fully saturated rings. The van der Waals surface area contributed by atoms with Crippen LogP contribution in [-0.4, -0.2) is 41.1 Å². The van der Waals surface area contributed by atoms with Crippen molar-refractivity contribution in [3.8, 4) is 0 Å². The summed E-state index contributed by atoms with van der Waals surface area (Å²) in [6, 6.07) is 13.3. The van der Waals surface area contributed by atoms with E-state index < -0.39 is 0 Å². The summed E-state index contributed by atoms with van der Waals surface area (Å²) < 4.78 is 0. The minimum Gasteiger partial charge on any atom is -0.346 e. The summed E-state index contributed by atoms with van der Waals surface area (Å²) in [5.74, 6) is 0. The first kappa shape index (κ1) is 18.7. The molecule has 2 aromatic carbocycles. The summed E-state index contributed by atoms with van der Waals surface area (Å²) in [6.07, 6.45) is 0. The SMILES string of the molecule is S=C(Nc1cc(Cl)ccc1Cl)N1CCN(Cc2ccc(Cl)cc2)CC1. The summed E-state index contributed by atoms with van der Waals surface area (Å²) >= 11 is 23.7. The van der Waals surface area contributed by atoms with Gasteiger partial charge < -0.3 is 10.2 Å². The van der Waals surface area contributed by atoms with Crippen molar-refractivity contribution in [2.45, 2.75) is 6.54 Å². The molecule has 0 saturated carbocycles. The molecule has 0 amide bonds. The van der Waals surface area contributed by atoms with E-state index in [1.807, 2.05) is 12.1 Å². The van der Waals surface area contributed by atoms with E-state index in [1.165, 1.54) is 5.56 Å². The van der Waals surface area contributed by atoms with E-state index in [9.17, 15) is 0 Å². The zero-order valence-electron chi connectivity index (χ0n) is 13.5. The summed E-state index contributed by atoms with van der Waals surface area (Å²) in [7, 11) is 0. The van der Waals surface area contributed by atoms with Crippen molar-refractivity contribution in [2.24, 2.45) is 0 Å². The summed E-state index contributed by atoms with van der Waals surface area (Å²) in [5.41, 5.74) is 2.01. The van der Waals surface area contributed by atoms with Crippen molar-refractivity contribution in [2.75, 3.05) is 31.5 Å². The van der Waals surface area contributed by atoms with Crippen LogP contribution in [0.15, 0.2) is 42.5 Å². The third-order valence-electron chi connectivity index (χ3n) is 4.15. The van der Waals surface area contributed by atoms with Crippen molar-refractivity contribution >= 4 is 57.8 Å². The Balaban J connectivity index is 1.52. The molecule has 3 nitrogen and oxygen atoms in total. The molecular formula is C18H18Cl3N3S. The molecule has 25 heavy (non-hydrogen) atoms. The Hall–Kier alpha value is -1.04. The van der Waals surface area contributed by atoms with E-state index in [0.717, 1.165) is 43.4 Å². The molecule has 0 aliphatic carbocycles. The molecule has 2 aromatic rings. The van der Waals surface area contributed by atoms with Gasteiger partial charge in [-0.15, -0.1) is 0 Å². The topological polar surface area (TPSA) is 18.5 Å². The number of halogens is 3. The fourth-order valence-corrected chi connectivity index (χ4v) is 3.50. The molecule has 1 heterocycles. The number of hydrogen-bond donors (Lipinski definition) is 1. The van der Waals surface area contributed by atoms with Crippen LogP contribution in [-0.2, 0) is 6.54 Å².